The summed E-state index contributed by atoms with van der Waals surface area (Å²) in [5.41, 5.74) is 6.07. The minimum atomic E-state index is -0.934. The number of aromatic carboxylic acids is 1. The van der Waals surface area contributed by atoms with E-state index < -0.39 is 5.97 Å². The lowest BCUT2D eigenvalue weighted by Crippen LogP contribution is -2.49. The van der Waals surface area contributed by atoms with Gasteiger partial charge in [0.1, 0.15) is 6.61 Å². The second-order valence-corrected chi connectivity index (χ2v) is 8.13. The molecule has 0 bridgehead atoms. The van der Waals surface area contributed by atoms with Crippen molar-refractivity contribution < 1.29 is 19.4 Å². The van der Waals surface area contributed by atoms with Crippen LogP contribution in [0.1, 0.15) is 27.4 Å². The predicted molar refractivity (Wildman–Crippen MR) is 122 cm³/mol. The summed E-state index contributed by atoms with van der Waals surface area (Å²) in [6.07, 6.45) is -0.285. The number of nitrogens with zero attached hydrogens (tertiary/aromatic N) is 2. The van der Waals surface area contributed by atoms with Crippen LogP contribution in [-0.2, 0) is 4.74 Å². The molecule has 0 aromatic heterocycles. The van der Waals surface area contributed by atoms with E-state index in [2.05, 4.69) is 29.2 Å². The summed E-state index contributed by atoms with van der Waals surface area (Å²) in [6, 6.07) is 23.5. The van der Waals surface area contributed by atoms with Crippen molar-refractivity contribution in [2.45, 2.75) is 5.92 Å². The number of benzene rings is 3. The van der Waals surface area contributed by atoms with E-state index in [0.717, 1.165) is 5.69 Å². The Balaban J connectivity index is 1.20. The van der Waals surface area contributed by atoms with Crippen molar-refractivity contribution in [3.05, 3.63) is 89.5 Å². The third kappa shape index (κ3) is 3.68. The Morgan fingerprint density at radius 3 is 1.94 bits per heavy atom. The average molecular weight is 428 g/mol. The van der Waals surface area contributed by atoms with Crippen molar-refractivity contribution in [2.24, 2.45) is 0 Å². The molecule has 6 nitrogen and oxygen atoms in total. The molecular formula is C26H24N2O4. The minimum Gasteiger partial charge on any atom is -0.478 e. The molecule has 0 unspecified atom stereocenters. The lowest BCUT2D eigenvalue weighted by Gasteiger charge is -2.35. The van der Waals surface area contributed by atoms with Crippen LogP contribution in [0.3, 0.4) is 0 Å². The van der Waals surface area contributed by atoms with Crippen LogP contribution in [0.15, 0.2) is 72.8 Å². The van der Waals surface area contributed by atoms with Gasteiger partial charge in [-0.05, 0) is 46.5 Å². The Kier molecular flexibility index (Phi) is 5.27. The zero-order valence-corrected chi connectivity index (χ0v) is 17.6. The van der Waals surface area contributed by atoms with E-state index in [4.69, 9.17) is 9.84 Å². The summed E-state index contributed by atoms with van der Waals surface area (Å²) >= 11 is 0. The molecule has 0 saturated carbocycles. The van der Waals surface area contributed by atoms with Crippen molar-refractivity contribution in [3.8, 4) is 11.1 Å². The molecule has 6 heteroatoms. The number of rotatable bonds is 4. The molecule has 3 aromatic rings. The molecule has 2 aliphatic rings. The summed E-state index contributed by atoms with van der Waals surface area (Å²) < 4.78 is 5.77. The number of carboxylic acids is 1. The van der Waals surface area contributed by atoms with Gasteiger partial charge in [0.15, 0.2) is 0 Å². The van der Waals surface area contributed by atoms with Gasteiger partial charge in [0, 0.05) is 37.8 Å². The Bertz CT molecular complexity index is 1100. The topological polar surface area (TPSA) is 70.1 Å². The van der Waals surface area contributed by atoms with Gasteiger partial charge in [0.25, 0.3) is 0 Å². The molecule has 0 atom stereocenters. The highest BCUT2D eigenvalue weighted by atomic mass is 16.6. The van der Waals surface area contributed by atoms with E-state index in [1.807, 2.05) is 36.4 Å². The Morgan fingerprint density at radius 1 is 0.812 bits per heavy atom. The highest BCUT2D eigenvalue weighted by Gasteiger charge is 2.30. The Hall–Kier alpha value is -3.80. The number of ether oxygens (including phenoxy) is 1. The first-order valence-electron chi connectivity index (χ1n) is 10.8. The molecule has 1 fully saturated rings. The zero-order chi connectivity index (χ0) is 22.1. The molecule has 1 N–H and O–H groups in total. The summed E-state index contributed by atoms with van der Waals surface area (Å²) in [5, 5.41) is 9.05. The van der Waals surface area contributed by atoms with E-state index in [1.54, 1.807) is 17.0 Å². The normalized spacial score (nSPS) is 15.2. The first-order valence-corrected chi connectivity index (χ1v) is 10.8. The number of carboxylic acid groups (broad SMARTS) is 1. The standard InChI is InChI=1S/C26H24N2O4/c29-25(30)18-9-11-19(12-10-18)27-13-15-28(16-14-27)26(31)32-17-24-22-7-3-1-5-20(22)21-6-2-4-8-23(21)24/h1-12,24H,13-17H2,(H,29,30). The monoisotopic (exact) mass is 428 g/mol. The number of hydrogen-bond donors (Lipinski definition) is 1. The minimum absolute atomic E-state index is 0.0559. The van der Waals surface area contributed by atoms with E-state index in [-0.39, 0.29) is 17.6 Å². The van der Waals surface area contributed by atoms with Crippen LogP contribution in [0.4, 0.5) is 10.5 Å². The summed E-state index contributed by atoms with van der Waals surface area (Å²) in [4.78, 5) is 27.7. The molecule has 0 spiro atoms. The maximum Gasteiger partial charge on any atom is 0.409 e. The zero-order valence-electron chi connectivity index (χ0n) is 17.6. The highest BCUT2D eigenvalue weighted by Crippen LogP contribution is 2.44. The van der Waals surface area contributed by atoms with Gasteiger partial charge in [0.05, 0.1) is 5.56 Å². The maximum atomic E-state index is 12.8. The fraction of sp³-hybridized carbons (Fsp3) is 0.231. The number of fused-ring (bicyclic) bond motifs is 3. The molecule has 5 rings (SSSR count). The molecule has 1 aliphatic heterocycles. The molecule has 0 radical (unpaired) electrons. The number of anilines is 1. The molecule has 1 aliphatic carbocycles. The van der Waals surface area contributed by atoms with Gasteiger partial charge >= 0.3 is 12.1 Å². The van der Waals surface area contributed by atoms with Crippen LogP contribution in [0.2, 0.25) is 0 Å². The molecule has 32 heavy (non-hydrogen) atoms. The number of amides is 1. The van der Waals surface area contributed by atoms with E-state index in [1.165, 1.54) is 22.3 Å². The first-order chi connectivity index (χ1) is 15.6. The van der Waals surface area contributed by atoms with Gasteiger partial charge in [0.2, 0.25) is 0 Å². The maximum absolute atomic E-state index is 12.8. The first kappa shape index (κ1) is 20.1. The molecule has 1 heterocycles. The fourth-order valence-corrected chi connectivity index (χ4v) is 4.65. The van der Waals surface area contributed by atoms with E-state index in [0.29, 0.717) is 32.8 Å². The molecular weight excluding hydrogens is 404 g/mol. The van der Waals surface area contributed by atoms with Crippen LogP contribution in [-0.4, -0.2) is 54.9 Å². The van der Waals surface area contributed by atoms with Crippen LogP contribution in [0, 0.1) is 0 Å². The van der Waals surface area contributed by atoms with Crippen LogP contribution in [0.5, 0.6) is 0 Å². The van der Waals surface area contributed by atoms with Crippen molar-refractivity contribution in [3.63, 3.8) is 0 Å². The quantitative estimate of drug-likeness (QED) is 0.665. The fourth-order valence-electron chi connectivity index (χ4n) is 4.65. The van der Waals surface area contributed by atoms with Crippen LogP contribution >= 0.6 is 0 Å². The van der Waals surface area contributed by atoms with Crippen LogP contribution in [0.25, 0.3) is 11.1 Å². The number of carbonyl (C=O) groups is 2. The molecule has 1 saturated heterocycles. The lowest BCUT2D eigenvalue weighted by molar-refractivity contribution is 0.0696. The van der Waals surface area contributed by atoms with Crippen molar-refractivity contribution in [1.29, 1.82) is 0 Å². The van der Waals surface area contributed by atoms with Crippen molar-refractivity contribution in [1.82, 2.24) is 4.90 Å². The second-order valence-electron chi connectivity index (χ2n) is 8.13. The van der Waals surface area contributed by atoms with Gasteiger partial charge in [-0.1, -0.05) is 48.5 Å². The third-order valence-corrected chi connectivity index (χ3v) is 6.35. The average Bonchev–Trinajstić information content (AvgIpc) is 3.16. The predicted octanol–water partition coefficient (Wildman–Crippen LogP) is 4.46. The summed E-state index contributed by atoms with van der Waals surface area (Å²) in [5.74, 6) is -0.878. The van der Waals surface area contributed by atoms with E-state index in [9.17, 15) is 9.59 Å². The van der Waals surface area contributed by atoms with Crippen molar-refractivity contribution >= 4 is 17.7 Å². The van der Waals surface area contributed by atoms with Gasteiger partial charge in [-0.25, -0.2) is 9.59 Å². The second kappa shape index (κ2) is 8.38. The molecule has 1 amide bonds. The SMILES string of the molecule is O=C(O)c1ccc(N2CCN(C(=O)OCC3c4ccccc4-c4ccccc43)CC2)cc1. The van der Waals surface area contributed by atoms with Gasteiger partial charge in [-0.3, -0.25) is 0 Å². The highest BCUT2D eigenvalue weighted by molar-refractivity contribution is 5.88. The molecule has 3 aromatic carbocycles. The van der Waals surface area contributed by atoms with Gasteiger partial charge < -0.3 is 19.6 Å². The summed E-state index contributed by atoms with van der Waals surface area (Å²) in [7, 11) is 0. The Labute approximate surface area is 186 Å². The van der Waals surface area contributed by atoms with Crippen LogP contribution < -0.4 is 4.90 Å². The van der Waals surface area contributed by atoms with Gasteiger partial charge in [-0.2, -0.15) is 0 Å². The molecule has 162 valence electrons. The lowest BCUT2D eigenvalue weighted by atomic mass is 9.98. The summed E-state index contributed by atoms with van der Waals surface area (Å²) in [6.45, 7) is 2.81. The van der Waals surface area contributed by atoms with E-state index >= 15 is 0 Å². The van der Waals surface area contributed by atoms with Crippen molar-refractivity contribution in [2.75, 3.05) is 37.7 Å². The largest absolute Gasteiger partial charge is 0.478 e. The number of piperazine rings is 1. The van der Waals surface area contributed by atoms with Gasteiger partial charge in [-0.15, -0.1) is 0 Å². The number of hydrogen-bond acceptors (Lipinski definition) is 4. The Morgan fingerprint density at radius 2 is 1.38 bits per heavy atom. The third-order valence-electron chi connectivity index (χ3n) is 6.35. The smallest absolute Gasteiger partial charge is 0.409 e. The number of carbonyl (C=O) groups excluding carboxylic acids is 1.